The highest BCUT2D eigenvalue weighted by Gasteiger charge is 2.04. The van der Waals surface area contributed by atoms with Gasteiger partial charge < -0.3 is 0 Å². The highest BCUT2D eigenvalue weighted by Crippen LogP contribution is 2.11. The molecule has 15 heavy (non-hydrogen) atoms. The van der Waals surface area contributed by atoms with Crippen LogP contribution in [-0.4, -0.2) is 24.7 Å². The van der Waals surface area contributed by atoms with E-state index in [9.17, 15) is 0 Å². The summed E-state index contributed by atoms with van der Waals surface area (Å²) in [7, 11) is 0. The minimum Gasteiger partial charge on any atom is -0.223 e. The van der Waals surface area contributed by atoms with Crippen molar-refractivity contribution in [2.75, 3.05) is 0 Å². The number of halogens is 1. The predicted octanol–water partition coefficient (Wildman–Crippen LogP) is 1.66. The number of aryl methyl sites for hydroxylation is 1. The first-order chi connectivity index (χ1) is 7.29. The Kier molecular flexibility index (Phi) is 2.91. The van der Waals surface area contributed by atoms with Crippen LogP contribution in [0.3, 0.4) is 0 Å². The van der Waals surface area contributed by atoms with E-state index in [-0.39, 0.29) is 0 Å². The second-order valence-corrected chi connectivity index (χ2v) is 3.44. The molecule has 5 nitrogen and oxygen atoms in total. The molecule has 2 heterocycles. The zero-order valence-corrected chi connectivity index (χ0v) is 9.02. The molecule has 6 heteroatoms. The van der Waals surface area contributed by atoms with Gasteiger partial charge in [-0.2, -0.15) is 5.10 Å². The first-order valence-corrected chi connectivity index (χ1v) is 5.06. The van der Waals surface area contributed by atoms with Crippen LogP contribution in [0.4, 0.5) is 0 Å². The molecule has 0 aliphatic carbocycles. The highest BCUT2D eigenvalue weighted by atomic mass is 35.5. The monoisotopic (exact) mass is 223 g/mol. The smallest absolute Gasteiger partial charge is 0.160 e. The van der Waals surface area contributed by atoms with Crippen molar-refractivity contribution < 1.29 is 0 Å². The summed E-state index contributed by atoms with van der Waals surface area (Å²) in [4.78, 5) is 12.3. The summed E-state index contributed by atoms with van der Waals surface area (Å²) in [6.07, 6.45) is 4.82. The molecular weight excluding hydrogens is 214 g/mol. The molecule has 0 aromatic carbocycles. The third-order valence-electron chi connectivity index (χ3n) is 1.85. The lowest BCUT2D eigenvalue weighted by Crippen LogP contribution is -2.03. The first kappa shape index (κ1) is 10.0. The standard InChI is InChI=1S/C9H10ClN5/c1-2-3-8-13-7(10)4-9(14-8)15-6-11-5-12-15/h4-6H,2-3H2,1H3. The summed E-state index contributed by atoms with van der Waals surface area (Å²) < 4.78 is 1.56. The molecule has 0 unspecified atom stereocenters. The maximum Gasteiger partial charge on any atom is 0.160 e. The van der Waals surface area contributed by atoms with E-state index >= 15 is 0 Å². The lowest BCUT2D eigenvalue weighted by Gasteiger charge is -2.03. The van der Waals surface area contributed by atoms with Crippen molar-refractivity contribution in [3.8, 4) is 5.82 Å². The number of aromatic nitrogens is 5. The van der Waals surface area contributed by atoms with Crippen molar-refractivity contribution in [1.29, 1.82) is 0 Å². The van der Waals surface area contributed by atoms with Crippen LogP contribution >= 0.6 is 11.6 Å². The van der Waals surface area contributed by atoms with Crippen LogP contribution < -0.4 is 0 Å². The summed E-state index contributed by atoms with van der Waals surface area (Å²) >= 11 is 5.89. The first-order valence-electron chi connectivity index (χ1n) is 4.68. The third kappa shape index (κ3) is 2.30. The fraction of sp³-hybridized carbons (Fsp3) is 0.333. The van der Waals surface area contributed by atoms with Crippen LogP contribution in [-0.2, 0) is 6.42 Å². The van der Waals surface area contributed by atoms with Crippen LogP contribution in [0.25, 0.3) is 5.82 Å². The number of hydrogen-bond acceptors (Lipinski definition) is 4. The Bertz CT molecular complexity index is 440. The summed E-state index contributed by atoms with van der Waals surface area (Å²) in [6, 6.07) is 1.66. The van der Waals surface area contributed by atoms with Gasteiger partial charge in [0.05, 0.1) is 0 Å². The normalized spacial score (nSPS) is 10.5. The van der Waals surface area contributed by atoms with Crippen LogP contribution in [0.1, 0.15) is 19.2 Å². The van der Waals surface area contributed by atoms with E-state index in [1.807, 2.05) is 0 Å². The quantitative estimate of drug-likeness (QED) is 0.743. The number of hydrogen-bond donors (Lipinski definition) is 0. The van der Waals surface area contributed by atoms with Crippen LogP contribution in [0.15, 0.2) is 18.7 Å². The topological polar surface area (TPSA) is 56.5 Å². The van der Waals surface area contributed by atoms with Crippen molar-refractivity contribution in [3.05, 3.63) is 29.7 Å². The maximum atomic E-state index is 5.89. The molecule has 0 aliphatic rings. The largest absolute Gasteiger partial charge is 0.223 e. The lowest BCUT2D eigenvalue weighted by molar-refractivity contribution is 0.784. The van der Waals surface area contributed by atoms with E-state index in [4.69, 9.17) is 11.6 Å². The van der Waals surface area contributed by atoms with Gasteiger partial charge in [0.15, 0.2) is 5.82 Å². The molecule has 0 N–H and O–H groups in total. The summed E-state index contributed by atoms with van der Waals surface area (Å²) in [6.45, 7) is 2.07. The van der Waals surface area contributed by atoms with E-state index in [0.29, 0.717) is 11.0 Å². The summed E-state index contributed by atoms with van der Waals surface area (Å²) in [5, 5.41) is 4.42. The van der Waals surface area contributed by atoms with Gasteiger partial charge in [0, 0.05) is 12.5 Å². The maximum absolute atomic E-state index is 5.89. The van der Waals surface area contributed by atoms with Crippen molar-refractivity contribution in [1.82, 2.24) is 24.7 Å². The summed E-state index contributed by atoms with van der Waals surface area (Å²) in [5.41, 5.74) is 0. The van der Waals surface area contributed by atoms with E-state index in [1.54, 1.807) is 17.1 Å². The lowest BCUT2D eigenvalue weighted by atomic mass is 10.3. The second kappa shape index (κ2) is 4.35. The molecule has 78 valence electrons. The van der Waals surface area contributed by atoms with E-state index in [1.165, 1.54) is 6.33 Å². The zero-order valence-electron chi connectivity index (χ0n) is 8.26. The highest BCUT2D eigenvalue weighted by molar-refractivity contribution is 6.29. The van der Waals surface area contributed by atoms with Crippen molar-refractivity contribution in [3.63, 3.8) is 0 Å². The van der Waals surface area contributed by atoms with Crippen LogP contribution in [0, 0.1) is 0 Å². The fourth-order valence-corrected chi connectivity index (χ4v) is 1.43. The van der Waals surface area contributed by atoms with Crippen molar-refractivity contribution >= 4 is 11.6 Å². The van der Waals surface area contributed by atoms with Gasteiger partial charge in [-0.1, -0.05) is 18.5 Å². The molecule has 2 aromatic heterocycles. The Morgan fingerprint density at radius 1 is 1.40 bits per heavy atom. The average molecular weight is 224 g/mol. The van der Waals surface area contributed by atoms with Crippen molar-refractivity contribution in [2.45, 2.75) is 19.8 Å². The molecule has 0 spiro atoms. The second-order valence-electron chi connectivity index (χ2n) is 3.06. The van der Waals surface area contributed by atoms with E-state index in [2.05, 4.69) is 27.0 Å². The molecule has 0 bridgehead atoms. The third-order valence-corrected chi connectivity index (χ3v) is 2.05. The minimum atomic E-state index is 0.430. The SMILES string of the molecule is CCCc1nc(Cl)cc(-n2cncn2)n1. The van der Waals surface area contributed by atoms with Gasteiger partial charge in [-0.15, -0.1) is 0 Å². The molecule has 2 rings (SSSR count). The van der Waals surface area contributed by atoms with Gasteiger partial charge >= 0.3 is 0 Å². The molecule has 0 saturated carbocycles. The molecule has 0 saturated heterocycles. The van der Waals surface area contributed by atoms with Crippen LogP contribution in [0.5, 0.6) is 0 Å². The molecule has 0 aliphatic heterocycles. The van der Waals surface area contributed by atoms with Gasteiger partial charge in [0.1, 0.15) is 23.6 Å². The fourth-order valence-electron chi connectivity index (χ4n) is 1.23. The molecule has 0 amide bonds. The number of rotatable bonds is 3. The Labute approximate surface area is 92.2 Å². The van der Waals surface area contributed by atoms with Gasteiger partial charge in [-0.3, -0.25) is 0 Å². The van der Waals surface area contributed by atoms with Gasteiger partial charge in [0.2, 0.25) is 0 Å². The molecular formula is C9H10ClN5. The Hall–Kier alpha value is -1.49. The Morgan fingerprint density at radius 2 is 2.27 bits per heavy atom. The number of nitrogens with zero attached hydrogens (tertiary/aromatic N) is 5. The Morgan fingerprint density at radius 3 is 2.93 bits per heavy atom. The molecule has 0 radical (unpaired) electrons. The Balaban J connectivity index is 2.40. The minimum absolute atomic E-state index is 0.430. The average Bonchev–Trinajstić information content (AvgIpc) is 2.70. The molecule has 2 aromatic rings. The van der Waals surface area contributed by atoms with Crippen molar-refractivity contribution in [2.24, 2.45) is 0 Å². The van der Waals surface area contributed by atoms with Gasteiger partial charge in [-0.05, 0) is 6.42 Å². The molecule has 0 fully saturated rings. The predicted molar refractivity (Wildman–Crippen MR) is 56.0 cm³/mol. The van der Waals surface area contributed by atoms with E-state index < -0.39 is 0 Å². The van der Waals surface area contributed by atoms with Gasteiger partial charge in [-0.25, -0.2) is 19.6 Å². The zero-order chi connectivity index (χ0) is 10.7. The van der Waals surface area contributed by atoms with Gasteiger partial charge in [0.25, 0.3) is 0 Å². The van der Waals surface area contributed by atoms with Crippen LogP contribution in [0.2, 0.25) is 5.15 Å². The van der Waals surface area contributed by atoms with E-state index in [0.717, 1.165) is 18.7 Å². The molecule has 0 atom stereocenters. The summed E-state index contributed by atoms with van der Waals surface area (Å²) in [5.74, 6) is 1.38.